The summed E-state index contributed by atoms with van der Waals surface area (Å²) in [4.78, 5) is 27.5. The van der Waals surface area contributed by atoms with Crippen molar-refractivity contribution in [3.63, 3.8) is 0 Å². The number of likely N-dealkylation sites (N-methyl/N-ethyl adjacent to an activating group) is 1. The van der Waals surface area contributed by atoms with Gasteiger partial charge in [0.2, 0.25) is 0 Å². The lowest BCUT2D eigenvalue weighted by atomic mass is 10.1. The highest BCUT2D eigenvalue weighted by Gasteiger charge is 2.36. The summed E-state index contributed by atoms with van der Waals surface area (Å²) in [6.45, 7) is 0.192. The molecule has 2 atom stereocenters. The number of hydrogen-bond acceptors (Lipinski definition) is 5. The molecule has 1 heterocycles. The van der Waals surface area contributed by atoms with Gasteiger partial charge in [0.15, 0.2) is 12.2 Å². The molecule has 3 N–H and O–H groups in total. The molecule has 2 aromatic carbocycles. The Balaban J connectivity index is 1.28. The first kappa shape index (κ1) is 24.4. The van der Waals surface area contributed by atoms with Gasteiger partial charge in [-0.3, -0.25) is 9.59 Å². The highest BCUT2D eigenvalue weighted by atomic mass is 35.5. The molecule has 4 rings (SSSR count). The lowest BCUT2D eigenvalue weighted by molar-refractivity contribution is -0.153. The highest BCUT2D eigenvalue weighted by Crippen LogP contribution is 2.25. The van der Waals surface area contributed by atoms with E-state index >= 15 is 0 Å². The van der Waals surface area contributed by atoms with Crippen LogP contribution < -0.4 is 5.32 Å². The fraction of sp³-hybridized carbons (Fsp3) is 0.308. The van der Waals surface area contributed by atoms with Crippen molar-refractivity contribution in [2.75, 3.05) is 7.05 Å². The molecular weight excluding hydrogens is 472 g/mol. The maximum absolute atomic E-state index is 12.7. The van der Waals surface area contributed by atoms with E-state index in [1.165, 1.54) is 27.4 Å². The molecule has 0 unspecified atom stereocenters. The summed E-state index contributed by atoms with van der Waals surface area (Å²) in [6.07, 6.45) is -1.63. The van der Waals surface area contributed by atoms with Crippen LogP contribution in [0.4, 0.5) is 0 Å². The number of carbonyl (C=O) groups is 2. The van der Waals surface area contributed by atoms with Gasteiger partial charge in [0.25, 0.3) is 11.8 Å². The zero-order valence-electron chi connectivity index (χ0n) is 18.8. The molecule has 0 bridgehead atoms. The fourth-order valence-corrected chi connectivity index (χ4v) is 5.26. The second-order valence-electron chi connectivity index (χ2n) is 8.58. The molecule has 0 saturated carbocycles. The Labute approximate surface area is 207 Å². The summed E-state index contributed by atoms with van der Waals surface area (Å²) in [5, 5.41) is 26.0. The van der Waals surface area contributed by atoms with E-state index in [-0.39, 0.29) is 12.6 Å². The van der Waals surface area contributed by atoms with E-state index in [2.05, 4.69) is 5.32 Å². The number of fused-ring (bicyclic) bond motifs is 1. The monoisotopic (exact) mass is 498 g/mol. The molecule has 3 aromatic rings. The van der Waals surface area contributed by atoms with Gasteiger partial charge in [-0.1, -0.05) is 54.1 Å². The third-order valence-corrected chi connectivity index (χ3v) is 7.60. The molecular formula is C26H27ClN2O4S. The van der Waals surface area contributed by atoms with E-state index in [1.807, 2.05) is 60.0 Å². The molecule has 34 heavy (non-hydrogen) atoms. The smallest absolute Gasteiger partial charge is 0.254 e. The molecule has 0 spiro atoms. The maximum atomic E-state index is 12.7. The van der Waals surface area contributed by atoms with Gasteiger partial charge in [-0.05, 0) is 59.0 Å². The topological polar surface area (TPSA) is 89.9 Å². The minimum absolute atomic E-state index is 0.113. The van der Waals surface area contributed by atoms with E-state index in [4.69, 9.17) is 11.6 Å². The van der Waals surface area contributed by atoms with Crippen LogP contribution in [0.15, 0.2) is 60.0 Å². The molecule has 0 aliphatic heterocycles. The molecule has 1 aliphatic carbocycles. The van der Waals surface area contributed by atoms with Crippen LogP contribution in [0, 0.1) is 0 Å². The van der Waals surface area contributed by atoms with Crippen LogP contribution in [0.1, 0.15) is 27.1 Å². The first-order valence-electron chi connectivity index (χ1n) is 11.1. The van der Waals surface area contributed by atoms with E-state index in [0.717, 1.165) is 16.0 Å². The Hall–Kier alpha value is -2.71. The number of amides is 2. The van der Waals surface area contributed by atoms with Crippen LogP contribution in [0.2, 0.25) is 5.02 Å². The zero-order valence-corrected chi connectivity index (χ0v) is 20.4. The van der Waals surface area contributed by atoms with Crippen LogP contribution in [-0.2, 0) is 35.4 Å². The van der Waals surface area contributed by atoms with E-state index in [9.17, 15) is 19.8 Å². The van der Waals surface area contributed by atoms with Crippen molar-refractivity contribution in [3.8, 4) is 0 Å². The lowest BCUT2D eigenvalue weighted by Gasteiger charge is -2.28. The molecule has 1 aromatic heterocycles. The number of rotatable bonds is 8. The number of aliphatic hydroxyl groups excluding tert-OH is 2. The molecule has 0 fully saturated rings. The average molecular weight is 499 g/mol. The summed E-state index contributed by atoms with van der Waals surface area (Å²) in [5.41, 5.74) is 4.43. The van der Waals surface area contributed by atoms with Crippen LogP contribution in [0.5, 0.6) is 0 Å². The molecule has 0 radical (unpaired) electrons. The van der Waals surface area contributed by atoms with E-state index < -0.39 is 24.0 Å². The third kappa shape index (κ3) is 5.50. The van der Waals surface area contributed by atoms with Gasteiger partial charge in [-0.15, -0.1) is 11.3 Å². The van der Waals surface area contributed by atoms with Crippen molar-refractivity contribution >= 4 is 34.8 Å². The number of thiophene rings is 1. The van der Waals surface area contributed by atoms with Gasteiger partial charge in [-0.25, -0.2) is 0 Å². The maximum Gasteiger partial charge on any atom is 0.254 e. The summed E-state index contributed by atoms with van der Waals surface area (Å²) < 4.78 is 0. The van der Waals surface area contributed by atoms with Gasteiger partial charge >= 0.3 is 0 Å². The summed E-state index contributed by atoms with van der Waals surface area (Å²) in [7, 11) is 1.60. The van der Waals surface area contributed by atoms with Gasteiger partial charge < -0.3 is 20.4 Å². The summed E-state index contributed by atoms with van der Waals surface area (Å²) in [6, 6.07) is 17.5. The van der Waals surface area contributed by atoms with Gasteiger partial charge in [0.05, 0.1) is 6.54 Å². The number of aliphatic hydroxyl groups is 2. The van der Waals surface area contributed by atoms with E-state index in [1.54, 1.807) is 7.05 Å². The number of hydrogen-bond donors (Lipinski definition) is 3. The minimum Gasteiger partial charge on any atom is -0.380 e. The van der Waals surface area contributed by atoms with Crippen molar-refractivity contribution in [1.29, 1.82) is 0 Å². The van der Waals surface area contributed by atoms with Crippen molar-refractivity contribution in [1.82, 2.24) is 10.2 Å². The quantitative estimate of drug-likeness (QED) is 0.445. The average Bonchev–Trinajstić information content (AvgIpc) is 3.48. The largest absolute Gasteiger partial charge is 0.380 e. The Morgan fingerprint density at radius 3 is 2.41 bits per heavy atom. The second-order valence-corrected chi connectivity index (χ2v) is 9.98. The number of carbonyl (C=O) groups excluding carboxylic acids is 2. The Morgan fingerprint density at radius 2 is 1.74 bits per heavy atom. The first-order chi connectivity index (χ1) is 16.3. The number of benzene rings is 2. The first-order valence-corrected chi connectivity index (χ1v) is 12.4. The summed E-state index contributed by atoms with van der Waals surface area (Å²) >= 11 is 7.71. The second kappa shape index (κ2) is 10.7. The van der Waals surface area contributed by atoms with Gasteiger partial charge in [-0.2, -0.15) is 0 Å². The van der Waals surface area contributed by atoms with Crippen molar-refractivity contribution in [2.45, 2.75) is 44.1 Å². The predicted octanol–water partition coefficient (Wildman–Crippen LogP) is 2.96. The number of nitrogens with one attached hydrogen (secondary N) is 1. The van der Waals surface area contributed by atoms with Gasteiger partial charge in [0, 0.05) is 23.0 Å². The van der Waals surface area contributed by atoms with E-state index in [0.29, 0.717) is 24.3 Å². The Morgan fingerprint density at radius 1 is 1.09 bits per heavy atom. The highest BCUT2D eigenvalue weighted by molar-refractivity contribution is 7.10. The Bertz CT molecular complexity index is 1160. The molecule has 2 amide bonds. The van der Waals surface area contributed by atoms with Crippen molar-refractivity contribution in [3.05, 3.63) is 92.1 Å². The van der Waals surface area contributed by atoms with Crippen molar-refractivity contribution < 1.29 is 19.8 Å². The van der Waals surface area contributed by atoms with Crippen LogP contribution in [0.25, 0.3) is 0 Å². The summed E-state index contributed by atoms with van der Waals surface area (Å²) in [5.74, 6) is -1.45. The lowest BCUT2D eigenvalue weighted by Crippen LogP contribution is -2.52. The minimum atomic E-state index is -1.85. The van der Waals surface area contributed by atoms with Gasteiger partial charge in [0.1, 0.15) is 0 Å². The molecule has 0 saturated heterocycles. The zero-order chi connectivity index (χ0) is 24.2. The molecule has 178 valence electrons. The van der Waals surface area contributed by atoms with Crippen molar-refractivity contribution in [2.24, 2.45) is 0 Å². The SMILES string of the molecule is CN(C(=O)[C@H](O)[C@@H](O)C(=O)NCc1cc(Cc2ccccc2Cl)cs1)C1Cc2ccccc2C1. The normalized spacial score (nSPS) is 14.9. The number of nitrogens with zero attached hydrogens (tertiary/aromatic N) is 1. The molecule has 1 aliphatic rings. The third-order valence-electron chi connectivity index (χ3n) is 6.24. The number of halogens is 1. The van der Waals surface area contributed by atoms with Crippen LogP contribution >= 0.6 is 22.9 Å². The molecule has 8 heteroatoms. The standard InChI is InChI=1S/C26H27ClN2O4S/c1-29(20-12-17-6-2-3-7-18(17)13-20)26(33)24(31)23(30)25(32)28-14-21-11-16(15-34-21)10-19-8-4-5-9-22(19)27/h2-9,11,15,20,23-24,30-31H,10,12-14H2,1H3,(H,28,32)/t23-,24-/m1/s1. The Kier molecular flexibility index (Phi) is 7.68. The van der Waals surface area contributed by atoms with Crippen LogP contribution in [0.3, 0.4) is 0 Å². The molecule has 6 nitrogen and oxygen atoms in total. The van der Waals surface area contributed by atoms with Crippen LogP contribution in [-0.4, -0.2) is 52.2 Å². The predicted molar refractivity (Wildman–Crippen MR) is 133 cm³/mol. The fourth-order valence-electron chi connectivity index (χ4n) is 4.23.